The molecule has 1 saturated heterocycles. The molecule has 1 aliphatic heterocycles. The normalized spacial score (nSPS) is 16.8. The minimum Gasteiger partial charge on any atom is -0.342 e. The van der Waals surface area contributed by atoms with Gasteiger partial charge in [-0.1, -0.05) is 18.2 Å². The molecule has 0 aromatic heterocycles. The number of rotatable bonds is 3. The van der Waals surface area contributed by atoms with Crippen molar-refractivity contribution in [3.05, 3.63) is 46.7 Å². The van der Waals surface area contributed by atoms with Gasteiger partial charge < -0.3 is 10.2 Å². The van der Waals surface area contributed by atoms with Crippen molar-refractivity contribution in [1.82, 2.24) is 15.7 Å². The molecule has 1 fully saturated rings. The molecule has 2 rings (SSSR count). The Kier molecular flexibility index (Phi) is 4.92. The van der Waals surface area contributed by atoms with E-state index in [-0.39, 0.29) is 24.1 Å². The van der Waals surface area contributed by atoms with Crippen LogP contribution >= 0.6 is 0 Å². The van der Waals surface area contributed by atoms with Gasteiger partial charge in [0, 0.05) is 13.1 Å². The molecule has 1 aliphatic rings. The van der Waals surface area contributed by atoms with Crippen molar-refractivity contribution < 1.29 is 19.6 Å². The third-order valence-electron chi connectivity index (χ3n) is 3.49. The maximum Gasteiger partial charge on any atom is 0.268 e. The van der Waals surface area contributed by atoms with Gasteiger partial charge in [0.2, 0.25) is 5.91 Å². The third-order valence-corrected chi connectivity index (χ3v) is 3.49. The average molecular weight is 315 g/mol. The molecule has 3 N–H and O–H groups in total. The molecule has 0 atom stereocenters. The van der Waals surface area contributed by atoms with Crippen molar-refractivity contribution in [3.63, 3.8) is 0 Å². The molecule has 1 aromatic rings. The molecule has 7 nitrogen and oxygen atoms in total. The van der Waals surface area contributed by atoms with Crippen molar-refractivity contribution in [2.75, 3.05) is 13.6 Å². The fraction of sp³-hybridized carbons (Fsp3) is 0.188. The first-order valence-corrected chi connectivity index (χ1v) is 6.91. The predicted molar refractivity (Wildman–Crippen MR) is 83.9 cm³/mol. The van der Waals surface area contributed by atoms with E-state index >= 15 is 0 Å². The number of nitrogens with zero attached hydrogens (tertiary/aromatic N) is 1. The Morgan fingerprint density at radius 1 is 1.39 bits per heavy atom. The molecule has 23 heavy (non-hydrogen) atoms. The summed E-state index contributed by atoms with van der Waals surface area (Å²) in [5, 5.41) is 11.0. The Bertz CT molecular complexity index is 722. The van der Waals surface area contributed by atoms with Crippen LogP contribution in [0.4, 0.5) is 0 Å². The number of hydroxylamine groups is 1. The summed E-state index contributed by atoms with van der Waals surface area (Å²) in [5.41, 5.74) is 4.24. The molecule has 3 amide bonds. The second-order valence-electron chi connectivity index (χ2n) is 5.09. The van der Waals surface area contributed by atoms with E-state index in [1.165, 1.54) is 16.5 Å². The van der Waals surface area contributed by atoms with Crippen LogP contribution in [0.1, 0.15) is 16.7 Å². The number of carbonyl (C=O) groups excluding carboxylic acids is 3. The lowest BCUT2D eigenvalue weighted by atomic mass is 10.0. The van der Waals surface area contributed by atoms with Crippen LogP contribution in [0.5, 0.6) is 0 Å². The molecular formula is C16H17N3O4. The quantitative estimate of drug-likeness (QED) is 0.428. The smallest absolute Gasteiger partial charge is 0.268 e. The minimum absolute atomic E-state index is 0.00229. The Labute approximate surface area is 133 Å². The molecule has 1 aromatic carbocycles. The van der Waals surface area contributed by atoms with E-state index in [2.05, 4.69) is 5.32 Å². The van der Waals surface area contributed by atoms with Gasteiger partial charge in [0.15, 0.2) is 0 Å². The predicted octanol–water partition coefficient (Wildman–Crippen LogP) is 0.443. The lowest BCUT2D eigenvalue weighted by Crippen LogP contribution is -2.47. The van der Waals surface area contributed by atoms with E-state index in [1.807, 2.05) is 13.0 Å². The molecule has 1 heterocycles. The van der Waals surface area contributed by atoms with Crippen molar-refractivity contribution in [1.29, 1.82) is 0 Å². The Hall–Kier alpha value is -2.93. The average Bonchev–Trinajstić information content (AvgIpc) is 2.54. The van der Waals surface area contributed by atoms with Crippen LogP contribution in [0, 0.1) is 6.92 Å². The van der Waals surface area contributed by atoms with Gasteiger partial charge in [0.25, 0.3) is 11.8 Å². The van der Waals surface area contributed by atoms with E-state index in [9.17, 15) is 14.4 Å². The second-order valence-corrected chi connectivity index (χ2v) is 5.09. The Morgan fingerprint density at radius 3 is 2.78 bits per heavy atom. The summed E-state index contributed by atoms with van der Waals surface area (Å²) in [7, 11) is 1.56. The fourth-order valence-corrected chi connectivity index (χ4v) is 2.14. The molecule has 120 valence electrons. The maximum atomic E-state index is 11.9. The molecule has 0 unspecified atom stereocenters. The van der Waals surface area contributed by atoms with Crippen molar-refractivity contribution in [2.24, 2.45) is 0 Å². The van der Waals surface area contributed by atoms with Gasteiger partial charge in [-0.3, -0.25) is 19.6 Å². The number of likely N-dealkylation sites (N-methyl/N-ethyl adjacent to an activating group) is 1. The highest BCUT2D eigenvalue weighted by Crippen LogP contribution is 2.18. The summed E-state index contributed by atoms with van der Waals surface area (Å²) >= 11 is 0. The van der Waals surface area contributed by atoms with Gasteiger partial charge >= 0.3 is 0 Å². The standard InChI is InChI=1S/C16H17N3O4/c1-10-7-11(4-6-14(20)18-23)3-5-12(10)8-13-16(22)17-9-15(21)19(13)2/h3-8,23H,9H2,1-2H3,(H,17,22)(H,18,20)/b6-4+,13-8-. The van der Waals surface area contributed by atoms with Gasteiger partial charge in [-0.25, -0.2) is 5.48 Å². The zero-order chi connectivity index (χ0) is 17.0. The SMILES string of the molecule is Cc1cc(/C=C/C(=O)NO)ccc1/C=C1/C(=O)NCC(=O)N1C. The fourth-order valence-electron chi connectivity index (χ4n) is 2.14. The summed E-state index contributed by atoms with van der Waals surface area (Å²) in [6.07, 6.45) is 4.40. The van der Waals surface area contributed by atoms with Crippen LogP contribution in [0.3, 0.4) is 0 Å². The van der Waals surface area contributed by atoms with Crippen LogP contribution in [0.2, 0.25) is 0 Å². The number of hydrogen-bond acceptors (Lipinski definition) is 4. The minimum atomic E-state index is -0.618. The molecule has 0 spiro atoms. The second kappa shape index (κ2) is 6.89. The maximum absolute atomic E-state index is 11.9. The van der Waals surface area contributed by atoms with Crippen molar-refractivity contribution >= 4 is 29.9 Å². The molecule has 0 radical (unpaired) electrons. The topological polar surface area (TPSA) is 98.7 Å². The van der Waals surface area contributed by atoms with E-state index in [1.54, 1.807) is 31.3 Å². The van der Waals surface area contributed by atoms with Crippen LogP contribution in [-0.2, 0) is 14.4 Å². The van der Waals surface area contributed by atoms with Crippen LogP contribution in [-0.4, -0.2) is 41.4 Å². The first-order valence-electron chi connectivity index (χ1n) is 6.91. The van der Waals surface area contributed by atoms with Gasteiger partial charge in [-0.15, -0.1) is 0 Å². The number of benzene rings is 1. The van der Waals surface area contributed by atoms with E-state index < -0.39 is 5.91 Å². The van der Waals surface area contributed by atoms with Gasteiger partial charge in [0.1, 0.15) is 5.70 Å². The van der Waals surface area contributed by atoms with Crippen LogP contribution < -0.4 is 10.8 Å². The summed E-state index contributed by atoms with van der Waals surface area (Å²) in [4.78, 5) is 35.8. The first kappa shape index (κ1) is 16.4. The highest BCUT2D eigenvalue weighted by molar-refractivity contribution is 6.05. The number of amides is 3. The van der Waals surface area contributed by atoms with Gasteiger partial charge in [-0.2, -0.15) is 0 Å². The van der Waals surface area contributed by atoms with E-state index in [0.717, 1.165) is 16.7 Å². The first-order chi connectivity index (χ1) is 10.9. The summed E-state index contributed by atoms with van der Waals surface area (Å²) in [6.45, 7) is 1.86. The van der Waals surface area contributed by atoms with Gasteiger partial charge in [0.05, 0.1) is 6.54 Å². The van der Waals surface area contributed by atoms with Gasteiger partial charge in [-0.05, 0) is 35.8 Å². The Morgan fingerprint density at radius 2 is 2.13 bits per heavy atom. The molecule has 7 heteroatoms. The lowest BCUT2D eigenvalue weighted by Gasteiger charge is -2.25. The summed E-state index contributed by atoms with van der Waals surface area (Å²) in [5.74, 6) is -1.09. The summed E-state index contributed by atoms with van der Waals surface area (Å²) < 4.78 is 0. The molecule has 0 saturated carbocycles. The van der Waals surface area contributed by atoms with Crippen LogP contribution in [0.25, 0.3) is 12.2 Å². The third kappa shape index (κ3) is 3.83. The number of aryl methyl sites for hydroxylation is 1. The van der Waals surface area contributed by atoms with Crippen LogP contribution in [0.15, 0.2) is 30.0 Å². The zero-order valence-corrected chi connectivity index (χ0v) is 12.8. The lowest BCUT2D eigenvalue weighted by molar-refractivity contribution is -0.135. The molecule has 0 bridgehead atoms. The van der Waals surface area contributed by atoms with Crippen molar-refractivity contribution in [2.45, 2.75) is 6.92 Å². The van der Waals surface area contributed by atoms with Crippen molar-refractivity contribution in [3.8, 4) is 0 Å². The van der Waals surface area contributed by atoms with E-state index in [0.29, 0.717) is 0 Å². The number of piperazine rings is 1. The molecule has 0 aliphatic carbocycles. The highest BCUT2D eigenvalue weighted by atomic mass is 16.5. The number of carbonyl (C=O) groups is 3. The zero-order valence-electron chi connectivity index (χ0n) is 12.8. The highest BCUT2D eigenvalue weighted by Gasteiger charge is 2.25. The van der Waals surface area contributed by atoms with E-state index in [4.69, 9.17) is 5.21 Å². The number of nitrogens with one attached hydrogen (secondary N) is 2. The number of hydrogen-bond donors (Lipinski definition) is 3. The summed E-state index contributed by atoms with van der Waals surface area (Å²) in [6, 6.07) is 5.39. The largest absolute Gasteiger partial charge is 0.342 e. The monoisotopic (exact) mass is 315 g/mol. The molecular weight excluding hydrogens is 298 g/mol. The Balaban J connectivity index is 2.29.